The third-order valence-electron chi connectivity index (χ3n) is 3.67. The van der Waals surface area contributed by atoms with Gasteiger partial charge in [-0.1, -0.05) is 38.0 Å². The number of unbranched alkanes of at least 4 members (excludes halogenated alkanes) is 2. The van der Waals surface area contributed by atoms with Gasteiger partial charge < -0.3 is 4.90 Å². The fourth-order valence-corrected chi connectivity index (χ4v) is 3.26. The van der Waals surface area contributed by atoms with Gasteiger partial charge in [-0.3, -0.25) is 0 Å². The van der Waals surface area contributed by atoms with Crippen LogP contribution in [0.5, 0.6) is 0 Å². The van der Waals surface area contributed by atoms with Crippen molar-refractivity contribution in [2.45, 2.75) is 44.9 Å². The van der Waals surface area contributed by atoms with E-state index in [1.165, 1.54) is 0 Å². The van der Waals surface area contributed by atoms with Crippen LogP contribution >= 0.6 is 0 Å². The maximum absolute atomic E-state index is 12.1. The zero-order chi connectivity index (χ0) is 15.7. The lowest BCUT2D eigenvalue weighted by molar-refractivity contribution is 0.296. The van der Waals surface area contributed by atoms with Crippen LogP contribution in [0.2, 0.25) is 0 Å². The molecule has 0 unspecified atom stereocenters. The van der Waals surface area contributed by atoms with E-state index in [4.69, 9.17) is 0 Å². The molecule has 1 rings (SSSR count). The maximum atomic E-state index is 12.1. The Labute approximate surface area is 129 Å². The van der Waals surface area contributed by atoms with Crippen molar-refractivity contribution in [3.63, 3.8) is 0 Å². The van der Waals surface area contributed by atoms with E-state index < -0.39 is 10.0 Å². The fourth-order valence-electron chi connectivity index (χ4n) is 2.18. The minimum Gasteiger partial charge on any atom is -0.304 e. The van der Waals surface area contributed by atoms with Gasteiger partial charge >= 0.3 is 0 Å². The third-order valence-corrected chi connectivity index (χ3v) is 5.15. The van der Waals surface area contributed by atoms with Gasteiger partial charge in [-0.15, -0.1) is 0 Å². The van der Waals surface area contributed by atoms with Crippen LogP contribution in [0.3, 0.4) is 0 Å². The number of sulfonamides is 1. The van der Waals surface area contributed by atoms with Crippen LogP contribution in [0.15, 0.2) is 29.2 Å². The lowest BCUT2D eigenvalue weighted by Gasteiger charge is -2.17. The van der Waals surface area contributed by atoms with Gasteiger partial charge in [0.05, 0.1) is 4.90 Å². The topological polar surface area (TPSA) is 49.4 Å². The van der Waals surface area contributed by atoms with Crippen LogP contribution in [0.1, 0.15) is 38.7 Å². The van der Waals surface area contributed by atoms with Gasteiger partial charge in [-0.25, -0.2) is 13.1 Å². The minimum atomic E-state index is -3.35. The Morgan fingerprint density at radius 1 is 1.00 bits per heavy atom. The van der Waals surface area contributed by atoms with Crippen LogP contribution in [0.4, 0.5) is 0 Å². The molecule has 1 aromatic rings. The summed E-state index contributed by atoms with van der Waals surface area (Å²) in [6, 6.07) is 6.94. The molecule has 0 aliphatic heterocycles. The molecule has 0 aromatic heterocycles. The van der Waals surface area contributed by atoms with Gasteiger partial charge in [0.25, 0.3) is 0 Å². The van der Waals surface area contributed by atoms with Crippen LogP contribution in [0.25, 0.3) is 0 Å². The molecule has 0 saturated heterocycles. The first-order valence-corrected chi connectivity index (χ1v) is 9.26. The predicted molar refractivity (Wildman–Crippen MR) is 88.0 cm³/mol. The summed E-state index contributed by atoms with van der Waals surface area (Å²) in [4.78, 5) is 2.73. The molecule has 4 nitrogen and oxygen atoms in total. The molecule has 1 aromatic carbocycles. The Kier molecular flexibility index (Phi) is 7.93. The highest BCUT2D eigenvalue weighted by Gasteiger charge is 2.12. The summed E-state index contributed by atoms with van der Waals surface area (Å²) in [5, 5.41) is 0. The maximum Gasteiger partial charge on any atom is 0.240 e. The molecular formula is C16H28N2O2S. The first kappa shape index (κ1) is 18.1. The zero-order valence-electron chi connectivity index (χ0n) is 13.4. The number of rotatable bonds is 10. The number of aryl methyl sites for hydroxylation is 1. The van der Waals surface area contributed by atoms with Crippen molar-refractivity contribution in [3.8, 4) is 0 Å². The van der Waals surface area contributed by atoms with E-state index in [9.17, 15) is 8.42 Å². The van der Waals surface area contributed by atoms with Gasteiger partial charge in [0, 0.05) is 6.54 Å². The Morgan fingerprint density at radius 3 is 2.19 bits per heavy atom. The van der Waals surface area contributed by atoms with Crippen LogP contribution in [0, 0.1) is 6.92 Å². The van der Waals surface area contributed by atoms with Crippen molar-refractivity contribution in [2.75, 3.05) is 26.2 Å². The SMILES string of the molecule is CCN(CC)CCCCCNS(=O)(=O)c1ccc(C)cc1. The minimum absolute atomic E-state index is 0.344. The second kappa shape index (κ2) is 9.18. The number of nitrogens with one attached hydrogen (secondary N) is 1. The molecule has 0 fully saturated rings. The van der Waals surface area contributed by atoms with Crippen molar-refractivity contribution >= 4 is 10.0 Å². The third kappa shape index (κ3) is 6.59. The number of benzene rings is 1. The van der Waals surface area contributed by atoms with Crippen molar-refractivity contribution in [1.82, 2.24) is 9.62 Å². The quantitative estimate of drug-likeness (QED) is 0.676. The van der Waals surface area contributed by atoms with Crippen LogP contribution in [-0.4, -0.2) is 39.5 Å². The summed E-state index contributed by atoms with van der Waals surface area (Å²) in [5.74, 6) is 0. The summed E-state index contributed by atoms with van der Waals surface area (Å²) < 4.78 is 26.8. The molecule has 0 aliphatic rings. The first-order valence-electron chi connectivity index (χ1n) is 7.78. The van der Waals surface area contributed by atoms with Gasteiger partial charge in [0.1, 0.15) is 0 Å². The highest BCUT2D eigenvalue weighted by Crippen LogP contribution is 2.10. The second-order valence-corrected chi connectivity index (χ2v) is 7.07. The average Bonchev–Trinajstić information content (AvgIpc) is 2.47. The number of nitrogens with zero attached hydrogens (tertiary/aromatic N) is 1. The second-order valence-electron chi connectivity index (χ2n) is 5.30. The molecule has 120 valence electrons. The Morgan fingerprint density at radius 2 is 1.62 bits per heavy atom. The number of hydrogen-bond donors (Lipinski definition) is 1. The van der Waals surface area contributed by atoms with Gasteiger partial charge in [-0.2, -0.15) is 0 Å². The smallest absolute Gasteiger partial charge is 0.240 e. The van der Waals surface area contributed by atoms with E-state index in [1.54, 1.807) is 12.1 Å². The molecular weight excluding hydrogens is 284 g/mol. The number of hydrogen-bond acceptors (Lipinski definition) is 3. The van der Waals surface area contributed by atoms with Crippen LogP contribution < -0.4 is 4.72 Å². The zero-order valence-corrected chi connectivity index (χ0v) is 14.2. The van der Waals surface area contributed by atoms with Crippen LogP contribution in [-0.2, 0) is 10.0 Å². The van der Waals surface area contributed by atoms with E-state index in [2.05, 4.69) is 23.5 Å². The molecule has 0 amide bonds. The largest absolute Gasteiger partial charge is 0.304 e. The summed E-state index contributed by atoms with van der Waals surface area (Å²) in [6.45, 7) is 10.0. The fraction of sp³-hybridized carbons (Fsp3) is 0.625. The molecule has 0 radical (unpaired) electrons. The normalized spacial score (nSPS) is 12.0. The summed E-state index contributed by atoms with van der Waals surface area (Å²) in [5.41, 5.74) is 1.06. The predicted octanol–water partition coefficient (Wildman–Crippen LogP) is 2.79. The molecule has 0 heterocycles. The van der Waals surface area contributed by atoms with E-state index >= 15 is 0 Å². The van der Waals surface area contributed by atoms with Gasteiger partial charge in [-0.05, 0) is 51.5 Å². The summed E-state index contributed by atoms with van der Waals surface area (Å²) in [6.07, 6.45) is 3.05. The lowest BCUT2D eigenvalue weighted by Crippen LogP contribution is -2.26. The molecule has 1 N–H and O–H groups in total. The highest BCUT2D eigenvalue weighted by atomic mass is 32.2. The van der Waals surface area contributed by atoms with Gasteiger partial charge in [0.2, 0.25) is 10.0 Å². The van der Waals surface area contributed by atoms with E-state index in [1.807, 2.05) is 19.1 Å². The van der Waals surface area contributed by atoms with E-state index in [0.717, 1.165) is 44.5 Å². The van der Waals surface area contributed by atoms with Crippen molar-refractivity contribution in [1.29, 1.82) is 0 Å². The highest BCUT2D eigenvalue weighted by molar-refractivity contribution is 7.89. The van der Waals surface area contributed by atoms with Crippen molar-refractivity contribution < 1.29 is 8.42 Å². The monoisotopic (exact) mass is 312 g/mol. The van der Waals surface area contributed by atoms with Gasteiger partial charge in [0.15, 0.2) is 0 Å². The molecule has 21 heavy (non-hydrogen) atoms. The van der Waals surface area contributed by atoms with Crippen molar-refractivity contribution in [3.05, 3.63) is 29.8 Å². The van der Waals surface area contributed by atoms with Crippen molar-refractivity contribution in [2.24, 2.45) is 0 Å². The molecule has 0 saturated carbocycles. The summed E-state index contributed by atoms with van der Waals surface area (Å²) >= 11 is 0. The van der Waals surface area contributed by atoms with E-state index in [-0.39, 0.29) is 0 Å². The lowest BCUT2D eigenvalue weighted by atomic mass is 10.2. The Bertz CT molecular complexity index is 494. The molecule has 0 bridgehead atoms. The molecule has 5 heteroatoms. The molecule has 0 atom stereocenters. The average molecular weight is 312 g/mol. The Hall–Kier alpha value is -0.910. The first-order chi connectivity index (χ1) is 9.99. The van der Waals surface area contributed by atoms with E-state index in [0.29, 0.717) is 11.4 Å². The molecule has 0 spiro atoms. The summed E-state index contributed by atoms with van der Waals surface area (Å²) in [7, 11) is -3.35. The Balaban J connectivity index is 2.27. The standard InChI is InChI=1S/C16H28N2O2S/c1-4-18(5-2)14-8-6-7-13-17-21(19,20)16-11-9-15(3)10-12-16/h9-12,17H,4-8,13-14H2,1-3H3. The molecule has 0 aliphatic carbocycles.